The lowest BCUT2D eigenvalue weighted by Gasteiger charge is -2.20. The molecule has 1 aliphatic rings. The Kier molecular flexibility index (Phi) is 3.26. The highest BCUT2D eigenvalue weighted by molar-refractivity contribution is 5.45. The molecule has 5 heteroatoms. The fraction of sp³-hybridized carbons (Fsp3) is 0.455. The van der Waals surface area contributed by atoms with E-state index in [1.807, 2.05) is 0 Å². The molecule has 0 aliphatic carbocycles. The number of aliphatic hydroxyl groups is 1. The average molecular weight is 227 g/mol. The largest absolute Gasteiger partial charge is 0.486 e. The summed E-state index contributed by atoms with van der Waals surface area (Å²) in [7, 11) is 0. The Hall–Kier alpha value is -1.33. The van der Waals surface area contributed by atoms with E-state index in [-0.39, 0.29) is 5.56 Å². The monoisotopic (exact) mass is 227 g/mol. The van der Waals surface area contributed by atoms with E-state index in [1.165, 1.54) is 12.1 Å². The van der Waals surface area contributed by atoms with Crippen molar-refractivity contribution in [3.05, 3.63) is 23.5 Å². The highest BCUT2D eigenvalue weighted by Crippen LogP contribution is 2.35. The van der Waals surface area contributed by atoms with Crippen molar-refractivity contribution in [1.29, 1.82) is 0 Å². The number of ether oxygens (including phenoxy) is 2. The van der Waals surface area contributed by atoms with Crippen LogP contribution in [0.25, 0.3) is 0 Å². The average Bonchev–Trinajstić information content (AvgIpc) is 2.28. The summed E-state index contributed by atoms with van der Waals surface area (Å²) >= 11 is 0. The second kappa shape index (κ2) is 4.67. The third-order valence-electron chi connectivity index (χ3n) is 2.46. The van der Waals surface area contributed by atoms with Gasteiger partial charge in [-0.1, -0.05) is 0 Å². The van der Waals surface area contributed by atoms with Gasteiger partial charge in [-0.25, -0.2) is 4.39 Å². The van der Waals surface area contributed by atoms with Crippen molar-refractivity contribution in [1.82, 2.24) is 0 Å². The maximum Gasteiger partial charge on any atom is 0.164 e. The maximum atomic E-state index is 13.6. The van der Waals surface area contributed by atoms with Crippen molar-refractivity contribution in [2.75, 3.05) is 19.8 Å². The van der Waals surface area contributed by atoms with Crippen LogP contribution in [0.15, 0.2) is 12.1 Å². The normalized spacial score (nSPS) is 15.9. The van der Waals surface area contributed by atoms with Crippen LogP contribution in [0.1, 0.15) is 18.1 Å². The first-order valence-electron chi connectivity index (χ1n) is 5.19. The number of fused-ring (bicyclic) bond motifs is 1. The van der Waals surface area contributed by atoms with Crippen molar-refractivity contribution in [2.45, 2.75) is 12.5 Å². The van der Waals surface area contributed by atoms with Gasteiger partial charge >= 0.3 is 0 Å². The predicted molar refractivity (Wildman–Crippen MR) is 56.0 cm³/mol. The maximum absolute atomic E-state index is 13.6. The Morgan fingerprint density at radius 3 is 2.56 bits per heavy atom. The molecule has 0 aromatic heterocycles. The summed E-state index contributed by atoms with van der Waals surface area (Å²) in [5.41, 5.74) is 5.52. The third-order valence-corrected chi connectivity index (χ3v) is 2.46. The number of rotatable bonds is 3. The van der Waals surface area contributed by atoms with Crippen molar-refractivity contribution < 1.29 is 19.0 Å². The summed E-state index contributed by atoms with van der Waals surface area (Å²) in [6.07, 6.45) is -0.586. The Morgan fingerprint density at radius 2 is 1.94 bits per heavy atom. The molecule has 3 N–H and O–H groups in total. The van der Waals surface area contributed by atoms with Gasteiger partial charge in [-0.15, -0.1) is 0 Å². The van der Waals surface area contributed by atoms with Gasteiger partial charge in [-0.05, 0) is 19.0 Å². The van der Waals surface area contributed by atoms with Crippen LogP contribution in [0.3, 0.4) is 0 Å². The Balaban J connectivity index is 2.31. The van der Waals surface area contributed by atoms with Crippen LogP contribution < -0.4 is 15.2 Å². The number of benzene rings is 1. The summed E-state index contributed by atoms with van der Waals surface area (Å²) < 4.78 is 24.2. The molecular weight excluding hydrogens is 213 g/mol. The Labute approximate surface area is 92.8 Å². The van der Waals surface area contributed by atoms with E-state index >= 15 is 0 Å². The number of nitrogens with two attached hydrogens (primary N) is 1. The summed E-state index contributed by atoms with van der Waals surface area (Å²) in [4.78, 5) is 0. The smallest absolute Gasteiger partial charge is 0.164 e. The van der Waals surface area contributed by atoms with Crippen LogP contribution in [0.2, 0.25) is 0 Å². The standard InChI is InChI=1S/C11H14FNO3/c12-8-6-11-10(15-3-4-16-11)5-7(8)9(14)1-2-13/h5-6,9,14H,1-4,13H2. The molecule has 0 saturated heterocycles. The first-order valence-corrected chi connectivity index (χ1v) is 5.19. The molecule has 0 spiro atoms. The lowest BCUT2D eigenvalue weighted by atomic mass is 10.0. The van der Waals surface area contributed by atoms with Gasteiger partial charge in [0.1, 0.15) is 19.0 Å². The topological polar surface area (TPSA) is 64.7 Å². The van der Waals surface area contributed by atoms with Crippen LogP contribution in [0, 0.1) is 5.82 Å². The zero-order valence-corrected chi connectivity index (χ0v) is 8.78. The van der Waals surface area contributed by atoms with E-state index < -0.39 is 11.9 Å². The molecule has 2 rings (SSSR count). The highest BCUT2D eigenvalue weighted by Gasteiger charge is 2.19. The molecule has 0 fully saturated rings. The number of hydrogen-bond donors (Lipinski definition) is 2. The van der Waals surface area contributed by atoms with Crippen molar-refractivity contribution in [2.24, 2.45) is 5.73 Å². The van der Waals surface area contributed by atoms with Crippen molar-refractivity contribution >= 4 is 0 Å². The summed E-state index contributed by atoms with van der Waals surface area (Å²) in [5.74, 6) is 0.358. The lowest BCUT2D eigenvalue weighted by molar-refractivity contribution is 0.156. The van der Waals surface area contributed by atoms with Crippen molar-refractivity contribution in [3.8, 4) is 11.5 Å². The third kappa shape index (κ3) is 2.10. The SMILES string of the molecule is NCCC(O)c1cc2c(cc1F)OCCO2. The van der Waals surface area contributed by atoms with Gasteiger partial charge in [0, 0.05) is 11.6 Å². The lowest BCUT2D eigenvalue weighted by Crippen LogP contribution is -2.16. The van der Waals surface area contributed by atoms with Gasteiger partial charge in [0.25, 0.3) is 0 Å². The molecule has 1 heterocycles. The molecule has 1 aromatic carbocycles. The molecular formula is C11H14FNO3. The first kappa shape index (κ1) is 11.2. The molecule has 1 aliphatic heterocycles. The predicted octanol–water partition coefficient (Wildman–Crippen LogP) is 0.979. The van der Waals surface area contributed by atoms with Crippen LogP contribution in [-0.2, 0) is 0 Å². The van der Waals surface area contributed by atoms with E-state index in [9.17, 15) is 9.50 Å². The molecule has 16 heavy (non-hydrogen) atoms. The fourth-order valence-electron chi connectivity index (χ4n) is 1.65. The van der Waals surface area contributed by atoms with Gasteiger partial charge < -0.3 is 20.3 Å². The summed E-state index contributed by atoms with van der Waals surface area (Å²) in [6, 6.07) is 2.72. The van der Waals surface area contributed by atoms with E-state index in [1.54, 1.807) is 0 Å². The highest BCUT2D eigenvalue weighted by atomic mass is 19.1. The molecule has 0 saturated carbocycles. The van der Waals surface area contributed by atoms with Gasteiger partial charge in [-0.2, -0.15) is 0 Å². The molecule has 1 aromatic rings. The summed E-state index contributed by atoms with van der Waals surface area (Å²) in [6.45, 7) is 1.15. The van der Waals surface area contributed by atoms with Crippen LogP contribution in [0.4, 0.5) is 4.39 Å². The van der Waals surface area contributed by atoms with E-state index in [0.29, 0.717) is 37.7 Å². The molecule has 1 unspecified atom stereocenters. The second-order valence-corrected chi connectivity index (χ2v) is 3.61. The second-order valence-electron chi connectivity index (χ2n) is 3.61. The Morgan fingerprint density at radius 1 is 1.31 bits per heavy atom. The Bertz CT molecular complexity index is 384. The zero-order valence-electron chi connectivity index (χ0n) is 8.78. The summed E-state index contributed by atoms with van der Waals surface area (Å²) in [5, 5.41) is 9.69. The zero-order chi connectivity index (χ0) is 11.5. The molecule has 0 amide bonds. The number of hydrogen-bond acceptors (Lipinski definition) is 4. The molecule has 0 bridgehead atoms. The molecule has 88 valence electrons. The van der Waals surface area contributed by atoms with Crippen molar-refractivity contribution in [3.63, 3.8) is 0 Å². The van der Waals surface area contributed by atoms with E-state index in [0.717, 1.165) is 0 Å². The fourth-order valence-corrected chi connectivity index (χ4v) is 1.65. The molecule has 1 atom stereocenters. The minimum Gasteiger partial charge on any atom is -0.486 e. The molecule has 0 radical (unpaired) electrons. The van der Waals surface area contributed by atoms with Crippen LogP contribution in [0.5, 0.6) is 11.5 Å². The first-order chi connectivity index (χ1) is 7.72. The van der Waals surface area contributed by atoms with Gasteiger partial charge in [0.05, 0.1) is 6.10 Å². The quantitative estimate of drug-likeness (QED) is 0.807. The minimum absolute atomic E-state index is 0.203. The van der Waals surface area contributed by atoms with Gasteiger partial charge in [0.2, 0.25) is 0 Å². The number of aliphatic hydroxyl groups excluding tert-OH is 1. The van der Waals surface area contributed by atoms with E-state index in [2.05, 4.69) is 0 Å². The number of halogens is 1. The van der Waals surface area contributed by atoms with Crippen LogP contribution >= 0.6 is 0 Å². The minimum atomic E-state index is -0.902. The molecule has 4 nitrogen and oxygen atoms in total. The van der Waals surface area contributed by atoms with Gasteiger partial charge in [0.15, 0.2) is 11.5 Å². The van der Waals surface area contributed by atoms with Crippen LogP contribution in [-0.4, -0.2) is 24.9 Å². The van der Waals surface area contributed by atoms with E-state index in [4.69, 9.17) is 15.2 Å². The van der Waals surface area contributed by atoms with Gasteiger partial charge in [-0.3, -0.25) is 0 Å².